The number of hydrogen-bond acceptors (Lipinski definition) is 5. The summed E-state index contributed by atoms with van der Waals surface area (Å²) < 4.78 is 17.1. The van der Waals surface area contributed by atoms with Gasteiger partial charge in [-0.1, -0.05) is 18.2 Å². The molecule has 2 fully saturated rings. The van der Waals surface area contributed by atoms with E-state index in [-0.39, 0.29) is 11.7 Å². The minimum absolute atomic E-state index is 0.156. The van der Waals surface area contributed by atoms with Crippen molar-refractivity contribution in [1.82, 2.24) is 9.80 Å². The molecule has 6 nitrogen and oxygen atoms in total. The third-order valence-electron chi connectivity index (χ3n) is 4.87. The molecule has 0 unspecified atom stereocenters. The molecule has 138 valence electrons. The van der Waals surface area contributed by atoms with Gasteiger partial charge in [0.2, 0.25) is 5.91 Å². The average molecular weight is 348 g/mol. The number of likely N-dealkylation sites (tertiary alicyclic amines) is 1. The molecule has 0 atom stereocenters. The molecule has 25 heavy (non-hydrogen) atoms. The summed E-state index contributed by atoms with van der Waals surface area (Å²) in [6, 6.07) is 9.75. The molecular weight excluding hydrogens is 320 g/mol. The molecule has 1 spiro atoms. The van der Waals surface area contributed by atoms with Crippen LogP contribution in [0.4, 0.5) is 0 Å². The standard InChI is InChI=1S/C19H28N2O4/c1-20(10-5-13-23-17-6-3-2-4-7-17)18(22)16-21-11-8-19(9-12-21)24-14-15-25-19/h2-4,6-7H,5,8-16H2,1H3. The Kier molecular flexibility index (Phi) is 6.29. The number of piperidine rings is 1. The van der Waals surface area contributed by atoms with E-state index in [0.717, 1.165) is 38.1 Å². The topological polar surface area (TPSA) is 51.2 Å². The van der Waals surface area contributed by atoms with Gasteiger partial charge in [0.05, 0.1) is 26.4 Å². The van der Waals surface area contributed by atoms with Crippen LogP contribution in [-0.4, -0.2) is 74.5 Å². The summed E-state index contributed by atoms with van der Waals surface area (Å²) in [5.41, 5.74) is 0. The van der Waals surface area contributed by atoms with Gasteiger partial charge in [-0.3, -0.25) is 9.69 Å². The van der Waals surface area contributed by atoms with Gasteiger partial charge in [-0.25, -0.2) is 0 Å². The van der Waals surface area contributed by atoms with Gasteiger partial charge in [0.25, 0.3) is 0 Å². The van der Waals surface area contributed by atoms with Gasteiger partial charge in [0.15, 0.2) is 5.79 Å². The maximum atomic E-state index is 12.4. The minimum atomic E-state index is -0.375. The zero-order chi connectivity index (χ0) is 17.5. The summed E-state index contributed by atoms with van der Waals surface area (Å²) in [5.74, 6) is 0.652. The van der Waals surface area contributed by atoms with Gasteiger partial charge in [-0.15, -0.1) is 0 Å². The molecular formula is C19H28N2O4. The van der Waals surface area contributed by atoms with Crippen LogP contribution in [0.3, 0.4) is 0 Å². The van der Waals surface area contributed by atoms with Crippen molar-refractivity contribution in [2.45, 2.75) is 25.0 Å². The van der Waals surface area contributed by atoms with Gasteiger partial charge in [-0.05, 0) is 18.6 Å². The van der Waals surface area contributed by atoms with E-state index >= 15 is 0 Å². The zero-order valence-electron chi connectivity index (χ0n) is 15.0. The van der Waals surface area contributed by atoms with Crippen LogP contribution in [0.1, 0.15) is 19.3 Å². The van der Waals surface area contributed by atoms with Gasteiger partial charge < -0.3 is 19.1 Å². The Morgan fingerprint density at radius 1 is 1.20 bits per heavy atom. The monoisotopic (exact) mass is 348 g/mol. The maximum absolute atomic E-state index is 12.4. The van der Waals surface area contributed by atoms with Gasteiger partial charge >= 0.3 is 0 Å². The van der Waals surface area contributed by atoms with Crippen LogP contribution >= 0.6 is 0 Å². The van der Waals surface area contributed by atoms with Crippen LogP contribution in [-0.2, 0) is 14.3 Å². The first-order valence-corrected chi connectivity index (χ1v) is 9.09. The van der Waals surface area contributed by atoms with Crippen LogP contribution in [0.5, 0.6) is 5.75 Å². The molecule has 0 aliphatic carbocycles. The lowest BCUT2D eigenvalue weighted by Crippen LogP contribution is -2.48. The predicted octanol–water partition coefficient (Wildman–Crippen LogP) is 1.75. The molecule has 3 rings (SSSR count). The first kappa shape index (κ1) is 18.2. The number of para-hydroxylation sites is 1. The van der Waals surface area contributed by atoms with Crippen molar-refractivity contribution in [2.24, 2.45) is 0 Å². The second kappa shape index (κ2) is 8.65. The number of likely N-dealkylation sites (N-methyl/N-ethyl adjacent to an activating group) is 1. The smallest absolute Gasteiger partial charge is 0.236 e. The second-order valence-electron chi connectivity index (χ2n) is 6.71. The SMILES string of the molecule is CN(CCCOc1ccccc1)C(=O)CN1CCC2(CC1)OCCO2. The van der Waals surface area contributed by atoms with Crippen LogP contribution in [0.15, 0.2) is 30.3 Å². The van der Waals surface area contributed by atoms with Crippen molar-refractivity contribution in [3.8, 4) is 5.75 Å². The molecule has 2 saturated heterocycles. The number of hydrogen-bond donors (Lipinski definition) is 0. The van der Waals surface area contributed by atoms with Crippen molar-refractivity contribution in [1.29, 1.82) is 0 Å². The summed E-state index contributed by atoms with van der Waals surface area (Å²) >= 11 is 0. The van der Waals surface area contributed by atoms with E-state index in [1.165, 1.54) is 0 Å². The van der Waals surface area contributed by atoms with E-state index < -0.39 is 0 Å². The Hall–Kier alpha value is -1.63. The Bertz CT molecular complexity index is 536. The van der Waals surface area contributed by atoms with Crippen molar-refractivity contribution >= 4 is 5.91 Å². The van der Waals surface area contributed by atoms with E-state index in [2.05, 4.69) is 4.90 Å². The van der Waals surface area contributed by atoms with Crippen molar-refractivity contribution in [3.05, 3.63) is 30.3 Å². The molecule has 0 bridgehead atoms. The van der Waals surface area contributed by atoms with E-state index in [1.54, 1.807) is 4.90 Å². The maximum Gasteiger partial charge on any atom is 0.236 e. The molecule has 0 radical (unpaired) electrons. The molecule has 1 aromatic rings. The summed E-state index contributed by atoms with van der Waals surface area (Å²) in [5, 5.41) is 0. The number of rotatable bonds is 7. The van der Waals surface area contributed by atoms with Crippen LogP contribution < -0.4 is 4.74 Å². The van der Waals surface area contributed by atoms with E-state index in [4.69, 9.17) is 14.2 Å². The van der Waals surface area contributed by atoms with Gasteiger partial charge in [0, 0.05) is 39.5 Å². The molecule has 0 aromatic heterocycles. The Balaban J connectivity index is 1.31. The van der Waals surface area contributed by atoms with E-state index in [9.17, 15) is 4.79 Å². The van der Waals surface area contributed by atoms with E-state index in [0.29, 0.717) is 32.9 Å². The molecule has 0 saturated carbocycles. The summed E-state index contributed by atoms with van der Waals surface area (Å²) in [6.45, 7) is 4.84. The fourth-order valence-corrected chi connectivity index (χ4v) is 3.28. The number of amides is 1. The normalized spacial score (nSPS) is 19.9. The highest BCUT2D eigenvalue weighted by atomic mass is 16.7. The summed E-state index contributed by atoms with van der Waals surface area (Å²) in [4.78, 5) is 16.4. The molecule has 6 heteroatoms. The Morgan fingerprint density at radius 3 is 2.56 bits per heavy atom. The fourth-order valence-electron chi connectivity index (χ4n) is 3.28. The number of ether oxygens (including phenoxy) is 3. The molecule has 2 aliphatic heterocycles. The van der Waals surface area contributed by atoms with Gasteiger partial charge in [0.1, 0.15) is 5.75 Å². The lowest BCUT2D eigenvalue weighted by atomic mass is 10.0. The lowest BCUT2D eigenvalue weighted by molar-refractivity contribution is -0.186. The quantitative estimate of drug-likeness (QED) is 0.703. The first-order chi connectivity index (χ1) is 12.2. The zero-order valence-corrected chi connectivity index (χ0v) is 15.0. The lowest BCUT2D eigenvalue weighted by Gasteiger charge is -2.37. The Labute approximate surface area is 149 Å². The number of benzene rings is 1. The van der Waals surface area contributed by atoms with Crippen molar-refractivity contribution in [3.63, 3.8) is 0 Å². The number of carbonyl (C=O) groups excluding carboxylic acids is 1. The van der Waals surface area contributed by atoms with Gasteiger partial charge in [-0.2, -0.15) is 0 Å². The Morgan fingerprint density at radius 2 is 1.88 bits per heavy atom. The largest absolute Gasteiger partial charge is 0.494 e. The highest BCUT2D eigenvalue weighted by molar-refractivity contribution is 5.77. The van der Waals surface area contributed by atoms with Crippen LogP contribution in [0.2, 0.25) is 0 Å². The highest BCUT2D eigenvalue weighted by Crippen LogP contribution is 2.31. The third-order valence-corrected chi connectivity index (χ3v) is 4.87. The minimum Gasteiger partial charge on any atom is -0.494 e. The number of carbonyl (C=O) groups is 1. The predicted molar refractivity (Wildman–Crippen MR) is 94.5 cm³/mol. The third kappa shape index (κ3) is 5.17. The molecule has 1 aromatic carbocycles. The van der Waals surface area contributed by atoms with Crippen molar-refractivity contribution < 1.29 is 19.0 Å². The fraction of sp³-hybridized carbons (Fsp3) is 0.632. The van der Waals surface area contributed by atoms with E-state index in [1.807, 2.05) is 37.4 Å². The summed E-state index contributed by atoms with van der Waals surface area (Å²) in [6.07, 6.45) is 2.51. The molecule has 0 N–H and O–H groups in total. The van der Waals surface area contributed by atoms with Crippen LogP contribution in [0, 0.1) is 0 Å². The van der Waals surface area contributed by atoms with Crippen molar-refractivity contribution in [2.75, 3.05) is 53.0 Å². The average Bonchev–Trinajstić information content (AvgIpc) is 3.10. The molecule has 2 aliphatic rings. The molecule has 2 heterocycles. The second-order valence-corrected chi connectivity index (χ2v) is 6.71. The highest BCUT2D eigenvalue weighted by Gasteiger charge is 2.40. The first-order valence-electron chi connectivity index (χ1n) is 9.09. The number of nitrogens with zero attached hydrogens (tertiary/aromatic N) is 2. The summed E-state index contributed by atoms with van der Waals surface area (Å²) in [7, 11) is 1.86. The van der Waals surface area contributed by atoms with Crippen LogP contribution in [0.25, 0.3) is 0 Å². The molecule has 1 amide bonds.